The zero-order valence-electron chi connectivity index (χ0n) is 5.34. The average molecular weight is 146 g/mol. The molecule has 0 saturated carbocycles. The van der Waals surface area contributed by atoms with Crippen LogP contribution in [0, 0.1) is 6.92 Å². The van der Waals surface area contributed by atoms with Gasteiger partial charge in [-0.2, -0.15) is 11.8 Å². The third-order valence-corrected chi connectivity index (χ3v) is 2.50. The fourth-order valence-corrected chi connectivity index (χ4v) is 1.86. The van der Waals surface area contributed by atoms with Gasteiger partial charge in [0.2, 0.25) is 0 Å². The van der Waals surface area contributed by atoms with Gasteiger partial charge in [0.05, 0.1) is 6.10 Å². The standard InChI is InChI=1S/C6H12NOS/c1-5(8)6-4-9-3-2-7-6/h5-8H,1-4H2. The van der Waals surface area contributed by atoms with Gasteiger partial charge in [-0.1, -0.05) is 0 Å². The van der Waals surface area contributed by atoms with Gasteiger partial charge in [0.1, 0.15) is 0 Å². The number of nitrogens with one attached hydrogen (secondary N) is 1. The van der Waals surface area contributed by atoms with Crippen molar-refractivity contribution in [3.05, 3.63) is 6.92 Å². The number of aliphatic hydroxyl groups excluding tert-OH is 1. The Morgan fingerprint density at radius 1 is 1.78 bits per heavy atom. The third-order valence-electron chi connectivity index (χ3n) is 1.41. The molecule has 0 aliphatic carbocycles. The van der Waals surface area contributed by atoms with E-state index in [1.807, 2.05) is 11.8 Å². The van der Waals surface area contributed by atoms with E-state index in [0.29, 0.717) is 0 Å². The van der Waals surface area contributed by atoms with Crippen LogP contribution < -0.4 is 5.32 Å². The SMILES string of the molecule is [CH2]C(O)C1CSCCN1. The molecule has 2 nitrogen and oxygen atoms in total. The van der Waals surface area contributed by atoms with Crippen molar-refractivity contribution in [1.29, 1.82) is 0 Å². The molecule has 0 spiro atoms. The first-order chi connectivity index (χ1) is 4.30. The number of aliphatic hydroxyl groups is 1. The Morgan fingerprint density at radius 2 is 2.56 bits per heavy atom. The highest BCUT2D eigenvalue weighted by atomic mass is 32.2. The maximum Gasteiger partial charge on any atom is 0.0702 e. The van der Waals surface area contributed by atoms with Crippen LogP contribution in [0.5, 0.6) is 0 Å². The highest BCUT2D eigenvalue weighted by Crippen LogP contribution is 2.09. The molecule has 2 unspecified atom stereocenters. The van der Waals surface area contributed by atoms with Gasteiger partial charge >= 0.3 is 0 Å². The normalized spacial score (nSPS) is 32.0. The maximum absolute atomic E-state index is 8.99. The minimum absolute atomic E-state index is 0.212. The van der Waals surface area contributed by atoms with Crippen LogP contribution in [-0.2, 0) is 0 Å². The first-order valence-electron chi connectivity index (χ1n) is 3.13. The van der Waals surface area contributed by atoms with Crippen LogP contribution in [0.1, 0.15) is 0 Å². The highest BCUT2D eigenvalue weighted by Gasteiger charge is 2.16. The largest absolute Gasteiger partial charge is 0.391 e. The van der Waals surface area contributed by atoms with E-state index in [9.17, 15) is 0 Å². The van der Waals surface area contributed by atoms with Crippen molar-refractivity contribution in [3.8, 4) is 0 Å². The Morgan fingerprint density at radius 3 is 2.89 bits per heavy atom. The second kappa shape index (κ2) is 3.44. The molecule has 0 bridgehead atoms. The molecule has 2 atom stereocenters. The molecule has 3 heteroatoms. The molecule has 1 aliphatic heterocycles. The zero-order valence-corrected chi connectivity index (χ0v) is 6.16. The molecule has 1 rings (SSSR count). The lowest BCUT2D eigenvalue weighted by molar-refractivity contribution is 0.179. The van der Waals surface area contributed by atoms with E-state index >= 15 is 0 Å². The molecule has 0 aromatic rings. The van der Waals surface area contributed by atoms with Crippen molar-refractivity contribution in [1.82, 2.24) is 5.32 Å². The molecule has 2 N–H and O–H groups in total. The second-order valence-corrected chi connectivity index (χ2v) is 3.35. The summed E-state index contributed by atoms with van der Waals surface area (Å²) >= 11 is 1.87. The molecular formula is C6H12NOS. The molecule has 53 valence electrons. The van der Waals surface area contributed by atoms with Crippen molar-refractivity contribution in [2.24, 2.45) is 0 Å². The van der Waals surface area contributed by atoms with Crippen LogP contribution in [0.25, 0.3) is 0 Å². The van der Waals surface area contributed by atoms with Gasteiger partial charge in [0, 0.05) is 24.1 Å². The summed E-state index contributed by atoms with van der Waals surface area (Å²) < 4.78 is 0. The summed E-state index contributed by atoms with van der Waals surface area (Å²) in [6.45, 7) is 4.54. The first kappa shape index (κ1) is 7.38. The minimum Gasteiger partial charge on any atom is -0.391 e. The average Bonchev–Trinajstić information content (AvgIpc) is 1.90. The fourth-order valence-electron chi connectivity index (χ4n) is 0.833. The highest BCUT2D eigenvalue weighted by molar-refractivity contribution is 7.99. The lowest BCUT2D eigenvalue weighted by atomic mass is 10.2. The van der Waals surface area contributed by atoms with Gasteiger partial charge in [-0.25, -0.2) is 0 Å². The Balaban J connectivity index is 2.23. The van der Waals surface area contributed by atoms with Gasteiger partial charge in [0.15, 0.2) is 0 Å². The maximum atomic E-state index is 8.99. The number of rotatable bonds is 1. The van der Waals surface area contributed by atoms with E-state index in [1.165, 1.54) is 0 Å². The summed E-state index contributed by atoms with van der Waals surface area (Å²) in [4.78, 5) is 0. The van der Waals surface area contributed by atoms with Crippen molar-refractivity contribution in [2.75, 3.05) is 18.1 Å². The van der Waals surface area contributed by atoms with Gasteiger partial charge in [-0.15, -0.1) is 0 Å². The molecule has 1 saturated heterocycles. The minimum atomic E-state index is -0.446. The van der Waals surface area contributed by atoms with Gasteiger partial charge < -0.3 is 10.4 Å². The predicted octanol–water partition coefficient (Wildman–Crippen LogP) is -0.114. The van der Waals surface area contributed by atoms with Crippen LogP contribution in [0.3, 0.4) is 0 Å². The van der Waals surface area contributed by atoms with Crippen molar-refractivity contribution >= 4 is 11.8 Å². The van der Waals surface area contributed by atoms with E-state index in [4.69, 9.17) is 5.11 Å². The van der Waals surface area contributed by atoms with Gasteiger partial charge in [-0.05, 0) is 6.92 Å². The summed E-state index contributed by atoms with van der Waals surface area (Å²) in [6.07, 6.45) is -0.446. The summed E-state index contributed by atoms with van der Waals surface area (Å²) in [5.41, 5.74) is 0. The van der Waals surface area contributed by atoms with Crippen molar-refractivity contribution in [2.45, 2.75) is 12.1 Å². The summed E-state index contributed by atoms with van der Waals surface area (Å²) in [5, 5.41) is 12.2. The van der Waals surface area contributed by atoms with Crippen LogP contribution in [0.2, 0.25) is 0 Å². The quantitative estimate of drug-likeness (QED) is 0.541. The molecule has 1 aliphatic rings. The van der Waals surface area contributed by atoms with E-state index in [2.05, 4.69) is 12.2 Å². The van der Waals surface area contributed by atoms with E-state index in [-0.39, 0.29) is 6.04 Å². The number of thioether (sulfide) groups is 1. The lowest BCUT2D eigenvalue weighted by Gasteiger charge is -2.24. The van der Waals surface area contributed by atoms with Crippen LogP contribution in [-0.4, -0.2) is 35.3 Å². The van der Waals surface area contributed by atoms with Gasteiger partial charge in [0.25, 0.3) is 0 Å². The van der Waals surface area contributed by atoms with Crippen LogP contribution in [0.15, 0.2) is 0 Å². The lowest BCUT2D eigenvalue weighted by Crippen LogP contribution is -2.44. The fraction of sp³-hybridized carbons (Fsp3) is 0.833. The number of hydrogen-bond acceptors (Lipinski definition) is 3. The molecule has 0 aromatic carbocycles. The topological polar surface area (TPSA) is 32.3 Å². The van der Waals surface area contributed by atoms with E-state index < -0.39 is 6.10 Å². The summed E-state index contributed by atoms with van der Waals surface area (Å²) in [7, 11) is 0. The second-order valence-electron chi connectivity index (χ2n) is 2.20. The van der Waals surface area contributed by atoms with Crippen molar-refractivity contribution < 1.29 is 5.11 Å². The summed E-state index contributed by atoms with van der Waals surface area (Å²) in [6, 6.07) is 0.212. The van der Waals surface area contributed by atoms with Crippen molar-refractivity contribution in [3.63, 3.8) is 0 Å². The predicted molar refractivity (Wildman–Crippen MR) is 40.5 cm³/mol. The monoisotopic (exact) mass is 146 g/mol. The molecular weight excluding hydrogens is 134 g/mol. The Labute approximate surface area is 60.0 Å². The van der Waals surface area contributed by atoms with Crippen LogP contribution >= 0.6 is 11.8 Å². The van der Waals surface area contributed by atoms with Crippen LogP contribution in [0.4, 0.5) is 0 Å². The Kier molecular flexibility index (Phi) is 2.82. The molecule has 0 aromatic heterocycles. The Bertz CT molecular complexity index is 81.1. The Hall–Kier alpha value is 0.270. The third kappa shape index (κ3) is 2.16. The van der Waals surface area contributed by atoms with E-state index in [1.54, 1.807) is 0 Å². The first-order valence-corrected chi connectivity index (χ1v) is 4.28. The molecule has 1 fully saturated rings. The number of hydrogen-bond donors (Lipinski definition) is 2. The molecule has 0 amide bonds. The zero-order chi connectivity index (χ0) is 6.69. The molecule has 1 radical (unpaired) electrons. The smallest absolute Gasteiger partial charge is 0.0702 e. The van der Waals surface area contributed by atoms with E-state index in [0.717, 1.165) is 18.1 Å². The van der Waals surface area contributed by atoms with Gasteiger partial charge in [-0.3, -0.25) is 0 Å². The molecule has 1 heterocycles. The molecule has 9 heavy (non-hydrogen) atoms. The summed E-state index contributed by atoms with van der Waals surface area (Å²) in [5.74, 6) is 2.15.